The number of hydrogen-bond acceptors (Lipinski definition) is 1. The zero-order valence-electron chi connectivity index (χ0n) is 7.02. The molecular weight excluding hydrogens is 164 g/mol. The first-order valence-corrected chi connectivity index (χ1v) is 4.08. The Balaban J connectivity index is 2.68. The standard InChI is InChI=1S/C8H13ClO2/c1-7(2,3)5-4-8(5,9)6(10)11/h5H,4H2,1-3H3,(H,10,11)/t5-,8+/m0/s1. The van der Waals surface area contributed by atoms with E-state index in [1.165, 1.54) is 0 Å². The highest BCUT2D eigenvalue weighted by atomic mass is 35.5. The van der Waals surface area contributed by atoms with Crippen molar-refractivity contribution in [3.8, 4) is 0 Å². The minimum atomic E-state index is -0.960. The van der Waals surface area contributed by atoms with Gasteiger partial charge in [0.25, 0.3) is 0 Å². The maximum Gasteiger partial charge on any atom is 0.325 e. The van der Waals surface area contributed by atoms with E-state index in [2.05, 4.69) is 0 Å². The summed E-state index contributed by atoms with van der Waals surface area (Å²) in [6.07, 6.45) is 0.605. The highest BCUT2D eigenvalue weighted by Crippen LogP contribution is 2.58. The molecule has 1 N–H and O–H groups in total. The monoisotopic (exact) mass is 176 g/mol. The van der Waals surface area contributed by atoms with Crippen molar-refractivity contribution in [2.45, 2.75) is 32.1 Å². The molecule has 0 bridgehead atoms. The molecule has 0 radical (unpaired) electrons. The van der Waals surface area contributed by atoms with Gasteiger partial charge >= 0.3 is 5.97 Å². The minimum Gasteiger partial charge on any atom is -0.480 e. The Bertz CT molecular complexity index is 195. The summed E-state index contributed by atoms with van der Waals surface area (Å²) in [4.78, 5) is 9.65. The summed E-state index contributed by atoms with van der Waals surface area (Å²) in [7, 11) is 0. The lowest BCUT2D eigenvalue weighted by atomic mass is 9.89. The van der Waals surface area contributed by atoms with E-state index in [9.17, 15) is 4.79 Å². The molecule has 0 unspecified atom stereocenters. The molecule has 0 saturated heterocycles. The fourth-order valence-electron chi connectivity index (χ4n) is 1.47. The molecule has 3 heteroatoms. The van der Waals surface area contributed by atoms with Crippen LogP contribution in [-0.2, 0) is 4.79 Å². The van der Waals surface area contributed by atoms with Crippen molar-refractivity contribution in [2.24, 2.45) is 11.3 Å². The van der Waals surface area contributed by atoms with Crippen molar-refractivity contribution in [2.75, 3.05) is 0 Å². The van der Waals surface area contributed by atoms with Gasteiger partial charge in [-0.2, -0.15) is 0 Å². The largest absolute Gasteiger partial charge is 0.480 e. The maximum absolute atomic E-state index is 10.6. The van der Waals surface area contributed by atoms with Crippen LogP contribution >= 0.6 is 11.6 Å². The molecule has 1 aliphatic carbocycles. The van der Waals surface area contributed by atoms with E-state index in [0.29, 0.717) is 6.42 Å². The second-order valence-electron chi connectivity index (χ2n) is 4.29. The van der Waals surface area contributed by atoms with Gasteiger partial charge in [0.15, 0.2) is 0 Å². The van der Waals surface area contributed by atoms with E-state index in [4.69, 9.17) is 16.7 Å². The lowest BCUT2D eigenvalue weighted by Gasteiger charge is -2.18. The third-order valence-corrected chi connectivity index (χ3v) is 2.87. The van der Waals surface area contributed by atoms with Crippen LogP contribution in [0, 0.1) is 11.3 Å². The Kier molecular flexibility index (Phi) is 1.71. The lowest BCUT2D eigenvalue weighted by Crippen LogP contribution is -2.23. The van der Waals surface area contributed by atoms with Crippen LogP contribution in [0.4, 0.5) is 0 Å². The van der Waals surface area contributed by atoms with Gasteiger partial charge in [-0.15, -0.1) is 11.6 Å². The summed E-state index contributed by atoms with van der Waals surface area (Å²) in [5.74, 6) is -0.756. The third kappa shape index (κ3) is 1.36. The summed E-state index contributed by atoms with van der Waals surface area (Å²) in [6.45, 7) is 6.06. The number of carboxylic acids is 1. The summed E-state index contributed by atoms with van der Waals surface area (Å²) in [5, 5.41) is 8.71. The van der Waals surface area contributed by atoms with Crippen LogP contribution in [0.25, 0.3) is 0 Å². The van der Waals surface area contributed by atoms with Gasteiger partial charge < -0.3 is 5.11 Å². The van der Waals surface area contributed by atoms with E-state index < -0.39 is 10.8 Å². The Hall–Kier alpha value is -0.240. The molecule has 2 nitrogen and oxygen atoms in total. The molecule has 0 aliphatic heterocycles. The normalized spacial score (nSPS) is 36.9. The summed E-state index contributed by atoms with van der Waals surface area (Å²) < 4.78 is 0. The fraction of sp³-hybridized carbons (Fsp3) is 0.875. The first kappa shape index (κ1) is 8.85. The Morgan fingerprint density at radius 2 is 2.09 bits per heavy atom. The van der Waals surface area contributed by atoms with Gasteiger partial charge in [-0.05, 0) is 17.8 Å². The number of aliphatic carboxylic acids is 1. The van der Waals surface area contributed by atoms with Crippen LogP contribution in [0.2, 0.25) is 0 Å². The van der Waals surface area contributed by atoms with Crippen molar-refractivity contribution < 1.29 is 9.90 Å². The van der Waals surface area contributed by atoms with Gasteiger partial charge in [-0.1, -0.05) is 20.8 Å². The number of carbonyl (C=O) groups is 1. The molecule has 11 heavy (non-hydrogen) atoms. The van der Waals surface area contributed by atoms with E-state index in [0.717, 1.165) is 0 Å². The highest BCUT2D eigenvalue weighted by Gasteiger charge is 2.63. The number of alkyl halides is 1. The maximum atomic E-state index is 10.6. The minimum absolute atomic E-state index is 0.0140. The van der Waals surface area contributed by atoms with Crippen LogP contribution < -0.4 is 0 Å². The van der Waals surface area contributed by atoms with Gasteiger partial charge in [0.2, 0.25) is 0 Å². The van der Waals surface area contributed by atoms with Gasteiger partial charge in [-0.3, -0.25) is 4.79 Å². The zero-order chi connectivity index (χ0) is 8.86. The molecule has 0 heterocycles. The molecule has 0 aromatic carbocycles. The first-order chi connectivity index (χ1) is 4.78. The molecular formula is C8H13ClO2. The number of rotatable bonds is 1. The summed E-state index contributed by atoms with van der Waals surface area (Å²) >= 11 is 5.83. The van der Waals surface area contributed by atoms with Crippen molar-refractivity contribution >= 4 is 17.6 Å². The molecule has 1 aliphatic rings. The molecule has 0 aromatic rings. The Labute approximate surface area is 71.5 Å². The molecule has 1 fully saturated rings. The molecule has 0 amide bonds. The number of hydrogen-bond donors (Lipinski definition) is 1. The second-order valence-corrected chi connectivity index (χ2v) is 4.96. The van der Waals surface area contributed by atoms with Crippen molar-refractivity contribution in [3.63, 3.8) is 0 Å². The topological polar surface area (TPSA) is 37.3 Å². The lowest BCUT2D eigenvalue weighted by molar-refractivity contribution is -0.138. The van der Waals surface area contributed by atoms with Crippen LogP contribution in [0.1, 0.15) is 27.2 Å². The number of halogens is 1. The number of carboxylic acid groups (broad SMARTS) is 1. The van der Waals surface area contributed by atoms with E-state index in [1.807, 2.05) is 20.8 Å². The average Bonchev–Trinajstić information content (AvgIpc) is 2.41. The summed E-state index contributed by atoms with van der Waals surface area (Å²) in [5.41, 5.74) is 0.0140. The fourth-order valence-corrected chi connectivity index (χ4v) is 1.95. The van der Waals surface area contributed by atoms with Gasteiger partial charge in [0.05, 0.1) is 0 Å². The Morgan fingerprint density at radius 1 is 1.64 bits per heavy atom. The zero-order valence-corrected chi connectivity index (χ0v) is 7.77. The van der Waals surface area contributed by atoms with Crippen LogP contribution in [-0.4, -0.2) is 16.0 Å². The predicted molar refractivity (Wildman–Crippen MR) is 43.8 cm³/mol. The third-order valence-electron chi connectivity index (χ3n) is 2.29. The van der Waals surface area contributed by atoms with E-state index in [-0.39, 0.29) is 11.3 Å². The van der Waals surface area contributed by atoms with Gasteiger partial charge in [0, 0.05) is 0 Å². The predicted octanol–water partition coefficient (Wildman–Crippen LogP) is 2.11. The quantitative estimate of drug-likeness (QED) is 0.622. The SMILES string of the molecule is CC(C)(C)[C@@H]1C[C@]1(Cl)C(=O)O. The molecule has 1 saturated carbocycles. The molecule has 1 rings (SSSR count). The van der Waals surface area contributed by atoms with Gasteiger partial charge in [0.1, 0.15) is 4.87 Å². The van der Waals surface area contributed by atoms with Crippen LogP contribution in [0.15, 0.2) is 0 Å². The summed E-state index contributed by atoms with van der Waals surface area (Å²) in [6, 6.07) is 0. The smallest absolute Gasteiger partial charge is 0.325 e. The van der Waals surface area contributed by atoms with Crippen LogP contribution in [0.3, 0.4) is 0 Å². The molecule has 0 aromatic heterocycles. The first-order valence-electron chi connectivity index (χ1n) is 3.71. The van der Waals surface area contributed by atoms with Crippen molar-refractivity contribution in [1.29, 1.82) is 0 Å². The van der Waals surface area contributed by atoms with E-state index >= 15 is 0 Å². The molecule has 64 valence electrons. The van der Waals surface area contributed by atoms with Crippen LogP contribution in [0.5, 0.6) is 0 Å². The van der Waals surface area contributed by atoms with Crippen molar-refractivity contribution in [1.82, 2.24) is 0 Å². The highest BCUT2D eigenvalue weighted by molar-refractivity contribution is 6.36. The molecule has 0 spiro atoms. The van der Waals surface area contributed by atoms with E-state index in [1.54, 1.807) is 0 Å². The molecule has 2 atom stereocenters. The Morgan fingerprint density at radius 3 is 2.18 bits per heavy atom. The van der Waals surface area contributed by atoms with Gasteiger partial charge in [-0.25, -0.2) is 0 Å². The average molecular weight is 177 g/mol. The second kappa shape index (κ2) is 2.13. The van der Waals surface area contributed by atoms with Crippen molar-refractivity contribution in [3.05, 3.63) is 0 Å².